The SMILES string of the molecule is COCc1ccc(C(=O)N2CCC[C@@]3(CNC(=O)c4ccccc4O3)C2)cc1. The Bertz CT molecular complexity index is 880. The van der Waals surface area contributed by atoms with Crippen molar-refractivity contribution in [2.24, 2.45) is 0 Å². The molecule has 28 heavy (non-hydrogen) atoms. The third-order valence-corrected chi connectivity index (χ3v) is 5.37. The standard InChI is InChI=1S/C22H24N2O4/c1-27-13-16-7-9-17(10-8-16)21(26)24-12-4-11-22(15-24)14-23-20(25)18-5-2-3-6-19(18)28-22/h2-3,5-10H,4,11-15H2,1H3,(H,23,25)/t22-/m1/s1. The highest BCUT2D eigenvalue weighted by molar-refractivity contribution is 5.97. The van der Waals surface area contributed by atoms with E-state index in [-0.39, 0.29) is 11.8 Å². The maximum atomic E-state index is 13.0. The zero-order valence-corrected chi connectivity index (χ0v) is 15.9. The Morgan fingerprint density at radius 1 is 1.21 bits per heavy atom. The number of carbonyl (C=O) groups excluding carboxylic acids is 2. The molecule has 1 atom stereocenters. The Morgan fingerprint density at radius 2 is 2.00 bits per heavy atom. The minimum absolute atomic E-state index is 0.0181. The number of nitrogens with one attached hydrogen (secondary N) is 1. The molecule has 2 heterocycles. The van der Waals surface area contributed by atoms with Crippen LogP contribution in [-0.2, 0) is 11.3 Å². The summed E-state index contributed by atoms with van der Waals surface area (Å²) in [5, 5.41) is 2.97. The number of likely N-dealkylation sites (tertiary alicyclic amines) is 1. The van der Waals surface area contributed by atoms with E-state index in [9.17, 15) is 9.59 Å². The van der Waals surface area contributed by atoms with E-state index in [0.717, 1.165) is 18.4 Å². The van der Waals surface area contributed by atoms with Gasteiger partial charge in [0.05, 0.1) is 25.3 Å². The molecule has 0 aliphatic carbocycles. The predicted molar refractivity (Wildman–Crippen MR) is 104 cm³/mol. The van der Waals surface area contributed by atoms with Crippen LogP contribution in [0.3, 0.4) is 0 Å². The summed E-state index contributed by atoms with van der Waals surface area (Å²) in [6.45, 7) is 2.03. The first-order chi connectivity index (χ1) is 13.6. The Kier molecular flexibility index (Phi) is 5.05. The molecule has 1 N–H and O–H groups in total. The molecule has 146 valence electrons. The first-order valence-corrected chi connectivity index (χ1v) is 9.54. The number of nitrogens with zero attached hydrogens (tertiary/aromatic N) is 1. The maximum Gasteiger partial charge on any atom is 0.255 e. The van der Waals surface area contributed by atoms with Gasteiger partial charge in [0.1, 0.15) is 11.4 Å². The number of rotatable bonds is 3. The molecule has 0 unspecified atom stereocenters. The normalized spacial score (nSPS) is 21.5. The summed E-state index contributed by atoms with van der Waals surface area (Å²) in [6, 6.07) is 14.8. The molecule has 4 rings (SSSR count). The average Bonchev–Trinajstić information content (AvgIpc) is 2.85. The second kappa shape index (κ2) is 7.64. The molecular weight excluding hydrogens is 356 g/mol. The van der Waals surface area contributed by atoms with Crippen molar-refractivity contribution in [1.82, 2.24) is 10.2 Å². The molecule has 0 aromatic heterocycles. The minimum atomic E-state index is -0.605. The van der Waals surface area contributed by atoms with E-state index in [1.807, 2.05) is 47.4 Å². The van der Waals surface area contributed by atoms with Gasteiger partial charge < -0.3 is 19.7 Å². The molecule has 2 aliphatic rings. The largest absolute Gasteiger partial charge is 0.483 e. The molecule has 0 saturated carbocycles. The van der Waals surface area contributed by atoms with Crippen molar-refractivity contribution in [1.29, 1.82) is 0 Å². The van der Waals surface area contributed by atoms with Crippen LogP contribution in [0.4, 0.5) is 0 Å². The van der Waals surface area contributed by atoms with E-state index in [4.69, 9.17) is 9.47 Å². The van der Waals surface area contributed by atoms with Crippen molar-refractivity contribution in [2.75, 3.05) is 26.7 Å². The lowest BCUT2D eigenvalue weighted by Crippen LogP contribution is -2.57. The van der Waals surface area contributed by atoms with Crippen molar-refractivity contribution >= 4 is 11.8 Å². The summed E-state index contributed by atoms with van der Waals surface area (Å²) >= 11 is 0. The van der Waals surface area contributed by atoms with Gasteiger partial charge in [-0.3, -0.25) is 9.59 Å². The van der Waals surface area contributed by atoms with Crippen LogP contribution in [0.1, 0.15) is 39.1 Å². The first kappa shape index (κ1) is 18.5. The number of hydrogen-bond acceptors (Lipinski definition) is 4. The number of amides is 2. The summed E-state index contributed by atoms with van der Waals surface area (Å²) in [6.07, 6.45) is 1.61. The number of hydrogen-bond donors (Lipinski definition) is 1. The topological polar surface area (TPSA) is 67.9 Å². The molecule has 2 aliphatic heterocycles. The second-order valence-corrected chi connectivity index (χ2v) is 7.42. The fraction of sp³-hybridized carbons (Fsp3) is 0.364. The second-order valence-electron chi connectivity index (χ2n) is 7.42. The van der Waals surface area contributed by atoms with Crippen molar-refractivity contribution in [3.8, 4) is 5.75 Å². The van der Waals surface area contributed by atoms with Gasteiger partial charge in [0, 0.05) is 19.2 Å². The van der Waals surface area contributed by atoms with Gasteiger partial charge in [0.15, 0.2) is 0 Å². The average molecular weight is 380 g/mol. The molecule has 6 heteroatoms. The van der Waals surface area contributed by atoms with E-state index < -0.39 is 5.60 Å². The quantitative estimate of drug-likeness (QED) is 0.889. The molecule has 0 radical (unpaired) electrons. The van der Waals surface area contributed by atoms with E-state index in [1.54, 1.807) is 13.2 Å². The van der Waals surface area contributed by atoms with Crippen LogP contribution in [0.2, 0.25) is 0 Å². The number of benzene rings is 2. The zero-order chi connectivity index (χ0) is 19.6. The zero-order valence-electron chi connectivity index (χ0n) is 15.9. The van der Waals surface area contributed by atoms with E-state index in [2.05, 4.69) is 5.32 Å². The van der Waals surface area contributed by atoms with Crippen LogP contribution >= 0.6 is 0 Å². The Labute approximate surface area is 164 Å². The lowest BCUT2D eigenvalue weighted by molar-refractivity contribution is -0.000861. The molecule has 6 nitrogen and oxygen atoms in total. The number of fused-ring (bicyclic) bond motifs is 1. The number of ether oxygens (including phenoxy) is 2. The predicted octanol–water partition coefficient (Wildman–Crippen LogP) is 2.63. The van der Waals surface area contributed by atoms with Gasteiger partial charge in [-0.05, 0) is 42.7 Å². The number of carbonyl (C=O) groups is 2. The molecule has 0 bridgehead atoms. The molecule has 1 spiro atoms. The summed E-state index contributed by atoms with van der Waals surface area (Å²) in [5.41, 5.74) is 1.61. The van der Waals surface area contributed by atoms with Crippen LogP contribution in [0.5, 0.6) is 5.75 Å². The van der Waals surface area contributed by atoms with Crippen LogP contribution in [0.15, 0.2) is 48.5 Å². The Hall–Kier alpha value is -2.86. The molecule has 2 aromatic rings. The minimum Gasteiger partial charge on any atom is -0.483 e. The van der Waals surface area contributed by atoms with Crippen LogP contribution in [0, 0.1) is 0 Å². The van der Waals surface area contributed by atoms with Crippen molar-refractivity contribution < 1.29 is 19.1 Å². The van der Waals surface area contributed by atoms with Crippen LogP contribution < -0.4 is 10.1 Å². The van der Waals surface area contributed by atoms with Crippen molar-refractivity contribution in [3.05, 3.63) is 65.2 Å². The van der Waals surface area contributed by atoms with E-state index >= 15 is 0 Å². The number of para-hydroxylation sites is 1. The van der Waals surface area contributed by atoms with Gasteiger partial charge in [-0.2, -0.15) is 0 Å². The molecule has 2 amide bonds. The molecule has 1 fully saturated rings. The smallest absolute Gasteiger partial charge is 0.255 e. The van der Waals surface area contributed by atoms with Crippen LogP contribution in [-0.4, -0.2) is 49.1 Å². The summed E-state index contributed by atoms with van der Waals surface area (Å²) in [5.74, 6) is 0.427. The fourth-order valence-electron chi connectivity index (χ4n) is 3.94. The maximum absolute atomic E-state index is 13.0. The highest BCUT2D eigenvalue weighted by atomic mass is 16.5. The third kappa shape index (κ3) is 3.60. The Balaban J connectivity index is 1.54. The van der Waals surface area contributed by atoms with Crippen molar-refractivity contribution in [3.63, 3.8) is 0 Å². The lowest BCUT2D eigenvalue weighted by Gasteiger charge is -2.42. The molecule has 2 aromatic carbocycles. The van der Waals surface area contributed by atoms with Gasteiger partial charge in [-0.25, -0.2) is 0 Å². The Morgan fingerprint density at radius 3 is 2.79 bits per heavy atom. The van der Waals surface area contributed by atoms with E-state index in [0.29, 0.717) is 43.1 Å². The molecular formula is C22H24N2O4. The summed E-state index contributed by atoms with van der Waals surface area (Å²) < 4.78 is 11.5. The fourth-order valence-corrected chi connectivity index (χ4v) is 3.94. The summed E-state index contributed by atoms with van der Waals surface area (Å²) in [7, 11) is 1.65. The molecule has 1 saturated heterocycles. The van der Waals surface area contributed by atoms with Gasteiger partial charge in [0.25, 0.3) is 11.8 Å². The number of methoxy groups -OCH3 is 1. The van der Waals surface area contributed by atoms with Gasteiger partial charge in [0.2, 0.25) is 0 Å². The van der Waals surface area contributed by atoms with Crippen molar-refractivity contribution in [2.45, 2.75) is 25.0 Å². The third-order valence-electron chi connectivity index (χ3n) is 5.37. The monoisotopic (exact) mass is 380 g/mol. The highest BCUT2D eigenvalue weighted by Gasteiger charge is 2.42. The van der Waals surface area contributed by atoms with E-state index in [1.165, 1.54) is 0 Å². The van der Waals surface area contributed by atoms with Gasteiger partial charge in [-0.15, -0.1) is 0 Å². The highest BCUT2D eigenvalue weighted by Crippen LogP contribution is 2.32. The first-order valence-electron chi connectivity index (χ1n) is 9.54. The lowest BCUT2D eigenvalue weighted by atomic mass is 9.91. The summed E-state index contributed by atoms with van der Waals surface area (Å²) in [4.78, 5) is 27.2. The van der Waals surface area contributed by atoms with Gasteiger partial charge >= 0.3 is 0 Å². The number of piperidine rings is 1. The van der Waals surface area contributed by atoms with Gasteiger partial charge in [-0.1, -0.05) is 24.3 Å². The van der Waals surface area contributed by atoms with Crippen LogP contribution in [0.25, 0.3) is 0 Å².